The first-order chi connectivity index (χ1) is 16.3. The lowest BCUT2D eigenvalue weighted by Gasteiger charge is -2.26. The van der Waals surface area contributed by atoms with Crippen molar-refractivity contribution in [2.45, 2.75) is 44.6 Å². The van der Waals surface area contributed by atoms with Crippen LogP contribution in [0.15, 0.2) is 27.9 Å². The number of fused-ring (bicyclic) bond motifs is 1. The number of amides is 1. The molecule has 0 radical (unpaired) electrons. The van der Waals surface area contributed by atoms with Gasteiger partial charge in [-0.1, -0.05) is 66.6 Å². The lowest BCUT2D eigenvalue weighted by Crippen LogP contribution is -2.43. The Morgan fingerprint density at radius 3 is 2.65 bits per heavy atom. The highest BCUT2D eigenvalue weighted by Gasteiger charge is 2.30. The lowest BCUT2D eigenvalue weighted by molar-refractivity contribution is -0.120. The van der Waals surface area contributed by atoms with E-state index in [1.54, 1.807) is 0 Å². The maximum Gasteiger partial charge on any atom is 0.349 e. The summed E-state index contributed by atoms with van der Waals surface area (Å²) in [6.45, 7) is 0. The zero-order valence-electron chi connectivity index (χ0n) is 18.2. The highest BCUT2D eigenvalue weighted by Crippen LogP contribution is 2.31. The lowest BCUT2D eigenvalue weighted by atomic mass is 9.84. The Morgan fingerprint density at radius 1 is 1.24 bits per heavy atom. The predicted octanol–water partition coefficient (Wildman–Crippen LogP) is 4.39. The van der Waals surface area contributed by atoms with E-state index in [1.165, 1.54) is 25.4 Å². The van der Waals surface area contributed by atoms with Gasteiger partial charge in [-0.15, -0.1) is 0 Å². The maximum atomic E-state index is 13.4. The molecule has 0 saturated heterocycles. The Bertz CT molecular complexity index is 1360. The molecule has 1 aromatic carbocycles. The van der Waals surface area contributed by atoms with E-state index in [0.29, 0.717) is 6.42 Å². The molecule has 1 amide bonds. The number of aromatic amines is 1. The average molecular weight is 525 g/mol. The summed E-state index contributed by atoms with van der Waals surface area (Å²) in [4.78, 5) is 58.4. The van der Waals surface area contributed by atoms with Crippen LogP contribution < -0.4 is 16.6 Å². The van der Waals surface area contributed by atoms with E-state index in [1.807, 2.05) is 0 Å². The van der Waals surface area contributed by atoms with Crippen molar-refractivity contribution in [2.24, 2.45) is 5.92 Å². The molecule has 1 fully saturated rings. The second kappa shape index (κ2) is 10.3. The van der Waals surface area contributed by atoms with Gasteiger partial charge >= 0.3 is 11.7 Å². The van der Waals surface area contributed by atoms with Crippen LogP contribution >= 0.6 is 34.5 Å². The fourth-order valence-corrected chi connectivity index (χ4v) is 5.36. The number of benzene rings is 1. The molecule has 2 heterocycles. The van der Waals surface area contributed by atoms with E-state index in [4.69, 9.17) is 23.2 Å². The fourth-order valence-electron chi connectivity index (χ4n) is 4.29. The zero-order valence-corrected chi connectivity index (χ0v) is 20.6. The fraction of sp³-hybridized carbons (Fsp3) is 0.409. The third-order valence-electron chi connectivity index (χ3n) is 5.99. The van der Waals surface area contributed by atoms with Gasteiger partial charge in [-0.05, 0) is 24.5 Å². The molecule has 1 aliphatic rings. The second-order valence-electron chi connectivity index (χ2n) is 8.18. The van der Waals surface area contributed by atoms with Gasteiger partial charge in [-0.2, -0.15) is 0 Å². The Hall–Kier alpha value is -2.69. The van der Waals surface area contributed by atoms with Gasteiger partial charge < -0.3 is 15.0 Å². The first kappa shape index (κ1) is 24.4. The number of carbonyl (C=O) groups is 2. The smallest absolute Gasteiger partial charge is 0.349 e. The number of halogens is 2. The summed E-state index contributed by atoms with van der Waals surface area (Å²) in [7, 11) is 1.25. The predicted molar refractivity (Wildman–Crippen MR) is 131 cm³/mol. The highest BCUT2D eigenvalue weighted by atomic mass is 35.5. The molecule has 12 heteroatoms. The molecule has 2 N–H and O–H groups in total. The van der Waals surface area contributed by atoms with Crippen molar-refractivity contribution < 1.29 is 14.3 Å². The maximum absolute atomic E-state index is 13.4. The monoisotopic (exact) mass is 524 g/mol. The molecule has 4 rings (SSSR count). The number of methoxy groups -OCH3 is 1. The Kier molecular flexibility index (Phi) is 7.39. The minimum atomic E-state index is -1.08. The van der Waals surface area contributed by atoms with Gasteiger partial charge in [-0.25, -0.2) is 19.1 Å². The van der Waals surface area contributed by atoms with Gasteiger partial charge in [0.25, 0.3) is 5.56 Å². The topological polar surface area (TPSA) is 123 Å². The van der Waals surface area contributed by atoms with E-state index in [2.05, 4.69) is 20.0 Å². The minimum Gasteiger partial charge on any atom is -0.465 e. The van der Waals surface area contributed by atoms with Crippen LogP contribution in [0.1, 0.15) is 54.2 Å². The molecule has 1 saturated carbocycles. The van der Waals surface area contributed by atoms with Crippen LogP contribution in [-0.2, 0) is 9.53 Å². The second-order valence-corrected chi connectivity index (χ2v) is 10.0. The molecular weight excluding hydrogens is 503 g/mol. The molecule has 1 atom stereocenters. The molecule has 9 nitrogen and oxygen atoms in total. The quantitative estimate of drug-likeness (QED) is 0.461. The first-order valence-corrected chi connectivity index (χ1v) is 12.3. The van der Waals surface area contributed by atoms with Crippen LogP contribution in [0.4, 0.5) is 5.13 Å². The van der Waals surface area contributed by atoms with Crippen LogP contribution in [0.2, 0.25) is 10.0 Å². The standard InChI is InChI=1S/C22H22Cl2N4O5S/c1-33-20(31)17-10-25-21(34-17)27-18(29)16(7-11-5-3-2-4-6-11)28-19(30)12-8-13(23)14(24)9-15(12)26-22(28)32/h8-11,16H,2-7H2,1H3,(H,26,32)(H,25,27,29)/t16-/m0/s1. The van der Waals surface area contributed by atoms with Crippen molar-refractivity contribution in [1.29, 1.82) is 0 Å². The van der Waals surface area contributed by atoms with Gasteiger partial charge in [-0.3, -0.25) is 9.59 Å². The number of hydrogen-bond acceptors (Lipinski definition) is 7. The number of hydrogen-bond donors (Lipinski definition) is 2. The summed E-state index contributed by atoms with van der Waals surface area (Å²) in [5.74, 6) is -0.958. The van der Waals surface area contributed by atoms with Crippen LogP contribution in [-0.4, -0.2) is 33.5 Å². The number of aromatic nitrogens is 3. The van der Waals surface area contributed by atoms with E-state index < -0.39 is 29.2 Å². The van der Waals surface area contributed by atoms with Crippen molar-refractivity contribution in [3.8, 4) is 0 Å². The highest BCUT2D eigenvalue weighted by molar-refractivity contribution is 7.17. The number of anilines is 1. The number of ether oxygens (including phenoxy) is 1. The molecule has 0 bridgehead atoms. The molecule has 34 heavy (non-hydrogen) atoms. The van der Waals surface area contributed by atoms with Crippen LogP contribution in [0, 0.1) is 5.92 Å². The van der Waals surface area contributed by atoms with Gasteiger partial charge in [0, 0.05) is 0 Å². The number of nitrogens with zero attached hydrogens (tertiary/aromatic N) is 2. The SMILES string of the molecule is COC(=O)c1cnc(NC(=O)[C@H](CC2CCCCC2)n2c(=O)[nH]c3cc(Cl)c(Cl)cc3c2=O)s1. The molecule has 180 valence electrons. The number of thiazole rings is 1. The number of rotatable bonds is 6. The third-order valence-corrected chi connectivity index (χ3v) is 7.60. The minimum absolute atomic E-state index is 0.151. The zero-order chi connectivity index (χ0) is 24.4. The first-order valence-electron chi connectivity index (χ1n) is 10.8. The van der Waals surface area contributed by atoms with Crippen molar-refractivity contribution in [3.63, 3.8) is 0 Å². The number of carbonyl (C=O) groups excluding carboxylic acids is 2. The van der Waals surface area contributed by atoms with Crippen molar-refractivity contribution in [3.05, 3.63) is 54.1 Å². The van der Waals surface area contributed by atoms with Crippen LogP contribution in [0.3, 0.4) is 0 Å². The van der Waals surface area contributed by atoms with Crippen molar-refractivity contribution in [1.82, 2.24) is 14.5 Å². The Morgan fingerprint density at radius 2 is 1.94 bits per heavy atom. The molecule has 1 aliphatic carbocycles. The van der Waals surface area contributed by atoms with E-state index in [-0.39, 0.29) is 36.9 Å². The van der Waals surface area contributed by atoms with Crippen molar-refractivity contribution in [2.75, 3.05) is 12.4 Å². The average Bonchev–Trinajstić information content (AvgIpc) is 3.28. The molecule has 2 aromatic heterocycles. The number of esters is 1. The summed E-state index contributed by atoms with van der Waals surface area (Å²) in [5.41, 5.74) is -1.12. The molecule has 0 aliphatic heterocycles. The molecule has 3 aromatic rings. The summed E-state index contributed by atoms with van der Waals surface area (Å²) in [6, 6.07) is 1.71. The van der Waals surface area contributed by atoms with Gasteiger partial charge in [0.15, 0.2) is 5.13 Å². The van der Waals surface area contributed by atoms with E-state index in [9.17, 15) is 19.2 Å². The molecular formula is C22H22Cl2N4O5S. The summed E-state index contributed by atoms with van der Waals surface area (Å²) >= 11 is 13.1. The summed E-state index contributed by atoms with van der Waals surface area (Å²) in [6.07, 6.45) is 6.62. The van der Waals surface area contributed by atoms with Gasteiger partial charge in [0.2, 0.25) is 5.91 Å². The normalized spacial score (nSPS) is 15.3. The largest absolute Gasteiger partial charge is 0.465 e. The summed E-state index contributed by atoms with van der Waals surface area (Å²) in [5, 5.41) is 3.33. The van der Waals surface area contributed by atoms with Gasteiger partial charge in [0.05, 0.1) is 34.3 Å². The Balaban J connectivity index is 1.74. The third kappa shape index (κ3) is 5.03. The van der Waals surface area contributed by atoms with E-state index in [0.717, 1.165) is 48.0 Å². The van der Waals surface area contributed by atoms with Gasteiger partial charge in [0.1, 0.15) is 10.9 Å². The number of nitrogens with one attached hydrogen (secondary N) is 2. The van der Waals surface area contributed by atoms with E-state index >= 15 is 0 Å². The summed E-state index contributed by atoms with van der Waals surface area (Å²) < 4.78 is 5.61. The van der Waals surface area contributed by atoms with Crippen LogP contribution in [0.25, 0.3) is 10.9 Å². The Labute approximate surface area is 208 Å². The molecule has 0 spiro atoms. The van der Waals surface area contributed by atoms with Crippen molar-refractivity contribution >= 4 is 62.4 Å². The van der Waals surface area contributed by atoms with Crippen LogP contribution in [0.5, 0.6) is 0 Å². The number of H-pyrrole nitrogens is 1. The molecule has 0 unspecified atom stereocenters.